The van der Waals surface area contributed by atoms with Crippen LogP contribution in [0.4, 0.5) is 48.3 Å². The molecule has 16 heteroatoms. The summed E-state index contributed by atoms with van der Waals surface area (Å²) in [4.78, 5) is 24.1. The minimum atomic E-state index is -5.34. The van der Waals surface area contributed by atoms with Crippen LogP contribution >= 0.6 is 15.9 Å². The Labute approximate surface area is 221 Å². The van der Waals surface area contributed by atoms with Gasteiger partial charge in [-0.2, -0.15) is 39.5 Å². The molecule has 2 rings (SSSR count). The molecule has 39 heavy (non-hydrogen) atoms. The van der Waals surface area contributed by atoms with E-state index >= 15 is 0 Å². The molecule has 0 aromatic heterocycles. The molecule has 2 aromatic rings. The Kier molecular flexibility index (Phi) is 9.79. The van der Waals surface area contributed by atoms with E-state index in [0.29, 0.717) is 18.2 Å². The van der Waals surface area contributed by atoms with Crippen molar-refractivity contribution in [3.63, 3.8) is 0 Å². The number of hydrogen-bond donors (Lipinski definition) is 2. The number of rotatable bonds is 7. The molecular weight excluding hydrogens is 625 g/mol. The third-order valence-corrected chi connectivity index (χ3v) is 5.66. The molecule has 0 radical (unpaired) electrons. The molecule has 0 saturated carbocycles. The van der Waals surface area contributed by atoms with Gasteiger partial charge in [0.2, 0.25) is 5.91 Å². The van der Waals surface area contributed by atoms with Gasteiger partial charge in [0, 0.05) is 5.56 Å². The first-order chi connectivity index (χ1) is 17.7. The van der Waals surface area contributed by atoms with Gasteiger partial charge in [-0.3, -0.25) is 9.59 Å². The van der Waals surface area contributed by atoms with E-state index in [2.05, 4.69) is 15.9 Å². The van der Waals surface area contributed by atoms with Crippen molar-refractivity contribution in [2.24, 2.45) is 0 Å². The number of allylic oxidation sites excluding steroid dienone is 1. The highest BCUT2D eigenvalue weighted by Gasteiger charge is 2.41. The van der Waals surface area contributed by atoms with E-state index in [1.54, 1.807) is 5.32 Å². The van der Waals surface area contributed by atoms with E-state index in [9.17, 15) is 57.9 Å². The van der Waals surface area contributed by atoms with Gasteiger partial charge in [0.1, 0.15) is 30.1 Å². The summed E-state index contributed by atoms with van der Waals surface area (Å²) in [6, 6.07) is 1.52. The lowest BCUT2D eigenvalue weighted by Crippen LogP contribution is -2.47. The summed E-state index contributed by atoms with van der Waals surface area (Å²) in [5, 5.41) is 3.18. The lowest BCUT2D eigenvalue weighted by molar-refractivity contribution is -0.140. The maximum Gasteiger partial charge on any atom is 0.417 e. The lowest BCUT2D eigenvalue weighted by atomic mass is 9.95. The van der Waals surface area contributed by atoms with Crippen LogP contribution < -0.4 is 10.6 Å². The van der Waals surface area contributed by atoms with E-state index < -0.39 is 82.7 Å². The van der Waals surface area contributed by atoms with E-state index in [0.717, 1.165) is 19.1 Å². The van der Waals surface area contributed by atoms with Gasteiger partial charge in [0.15, 0.2) is 0 Å². The number of hydrogen-bond acceptors (Lipinski definition) is 2. The van der Waals surface area contributed by atoms with Crippen LogP contribution in [0.25, 0.3) is 5.83 Å². The van der Waals surface area contributed by atoms with Gasteiger partial charge in [-0.1, -0.05) is 12.1 Å². The van der Waals surface area contributed by atoms with Crippen molar-refractivity contribution in [1.82, 2.24) is 10.6 Å². The summed E-state index contributed by atoms with van der Waals surface area (Å²) in [5.74, 6) is -8.59. The predicted octanol–water partition coefficient (Wildman–Crippen LogP) is 7.06. The molecule has 0 saturated heterocycles. The number of halogens is 12. The van der Waals surface area contributed by atoms with Crippen molar-refractivity contribution in [2.45, 2.75) is 37.4 Å². The van der Waals surface area contributed by atoms with Crippen LogP contribution in [0, 0.1) is 5.82 Å². The van der Waals surface area contributed by atoms with Gasteiger partial charge in [-0.25, -0.2) is 8.78 Å². The summed E-state index contributed by atoms with van der Waals surface area (Å²) >= 11 is 2.75. The van der Waals surface area contributed by atoms with Crippen molar-refractivity contribution < 1.29 is 57.9 Å². The minimum absolute atomic E-state index is 0.0464. The first-order valence-electron chi connectivity index (χ1n) is 10.5. The largest absolute Gasteiger partial charge is 0.417 e. The monoisotopic (exact) mass is 640 g/mol. The summed E-state index contributed by atoms with van der Waals surface area (Å²) in [6.45, 7) is -0.887. The molecule has 0 heterocycles. The molecule has 2 aromatic carbocycles. The second-order valence-electron chi connectivity index (χ2n) is 7.99. The topological polar surface area (TPSA) is 58.2 Å². The highest BCUT2D eigenvalue weighted by molar-refractivity contribution is 9.10. The van der Waals surface area contributed by atoms with Crippen LogP contribution in [0.5, 0.6) is 0 Å². The summed E-state index contributed by atoms with van der Waals surface area (Å²) < 4.78 is 147. The second kappa shape index (κ2) is 11.9. The predicted molar refractivity (Wildman–Crippen MR) is 119 cm³/mol. The Hall–Kier alpha value is -3.17. The van der Waals surface area contributed by atoms with Crippen molar-refractivity contribution in [3.8, 4) is 0 Å². The zero-order valence-corrected chi connectivity index (χ0v) is 20.8. The van der Waals surface area contributed by atoms with Crippen molar-refractivity contribution >= 4 is 33.6 Å². The van der Waals surface area contributed by atoms with Crippen LogP contribution in [0.3, 0.4) is 0 Å². The molecule has 2 unspecified atom stereocenters. The number of carbonyl (C=O) groups is 2. The average molecular weight is 641 g/mol. The standard InChI is InChI=1S/C23H16BrF11N2O2/c1-10(19(38)36-9-21(27,28)29)37-20(39)13-4-2-12(6-15(13)23(33,34)35)17(25)8-14(22(30,31)32)11-3-5-16(24)18(26)7-11/h2-8,10,14H,9H2,1H3,(H,36,38)(H,37,39)/b17-8-. The molecule has 2 amide bonds. The van der Waals surface area contributed by atoms with E-state index in [1.807, 2.05) is 0 Å². The van der Waals surface area contributed by atoms with Crippen LogP contribution in [0.15, 0.2) is 46.9 Å². The van der Waals surface area contributed by atoms with Gasteiger partial charge in [-0.05, 0) is 58.8 Å². The second-order valence-corrected chi connectivity index (χ2v) is 8.85. The normalized spacial score (nSPS) is 14.5. The third-order valence-electron chi connectivity index (χ3n) is 5.02. The number of alkyl halides is 9. The molecule has 214 valence electrons. The van der Waals surface area contributed by atoms with Crippen LogP contribution in [-0.2, 0) is 11.0 Å². The zero-order valence-electron chi connectivity index (χ0n) is 19.3. The quantitative estimate of drug-likeness (QED) is 0.319. The molecule has 0 bridgehead atoms. The fourth-order valence-corrected chi connectivity index (χ4v) is 3.38. The fourth-order valence-electron chi connectivity index (χ4n) is 3.13. The molecule has 2 N–H and O–H groups in total. The van der Waals surface area contributed by atoms with Crippen LogP contribution in [-0.4, -0.2) is 36.8 Å². The van der Waals surface area contributed by atoms with E-state index in [1.165, 1.54) is 5.32 Å². The van der Waals surface area contributed by atoms with Gasteiger partial charge in [0.25, 0.3) is 5.91 Å². The average Bonchev–Trinajstić information content (AvgIpc) is 2.80. The Morgan fingerprint density at radius 3 is 2.10 bits per heavy atom. The van der Waals surface area contributed by atoms with Gasteiger partial charge >= 0.3 is 18.5 Å². The molecule has 0 aliphatic heterocycles. The van der Waals surface area contributed by atoms with Crippen LogP contribution in [0.1, 0.15) is 39.9 Å². The SMILES string of the molecule is CC(NC(=O)c1ccc(/C(F)=C/C(c2ccc(Br)c(F)c2)C(F)(F)F)cc1C(F)(F)F)C(=O)NCC(F)(F)F. The number of amides is 2. The maximum absolute atomic E-state index is 14.8. The summed E-state index contributed by atoms with van der Waals surface area (Å²) in [7, 11) is 0. The van der Waals surface area contributed by atoms with Crippen molar-refractivity contribution in [3.05, 3.63) is 75.0 Å². The number of nitrogens with one attached hydrogen (secondary N) is 2. The Morgan fingerprint density at radius 1 is 0.974 bits per heavy atom. The van der Waals surface area contributed by atoms with E-state index in [-0.39, 0.29) is 16.6 Å². The first-order valence-corrected chi connectivity index (χ1v) is 11.3. The maximum atomic E-state index is 14.8. The Bertz CT molecular complexity index is 1250. The number of carbonyl (C=O) groups excluding carboxylic acids is 2. The fraction of sp³-hybridized carbons (Fsp3) is 0.304. The lowest BCUT2D eigenvalue weighted by Gasteiger charge is -2.19. The minimum Gasteiger partial charge on any atom is -0.345 e. The Balaban J connectivity index is 2.42. The molecule has 2 atom stereocenters. The van der Waals surface area contributed by atoms with Crippen LogP contribution in [0.2, 0.25) is 0 Å². The van der Waals surface area contributed by atoms with Gasteiger partial charge in [0.05, 0.1) is 15.6 Å². The van der Waals surface area contributed by atoms with Crippen molar-refractivity contribution in [2.75, 3.05) is 6.54 Å². The van der Waals surface area contributed by atoms with Gasteiger partial charge in [-0.15, -0.1) is 0 Å². The zero-order chi connectivity index (χ0) is 29.9. The molecule has 0 aliphatic carbocycles. The molecular formula is C23H16BrF11N2O2. The molecule has 4 nitrogen and oxygen atoms in total. The van der Waals surface area contributed by atoms with E-state index in [4.69, 9.17) is 0 Å². The summed E-state index contributed by atoms with van der Waals surface area (Å²) in [6.07, 6.45) is -15.4. The molecule has 0 aliphatic rings. The smallest absolute Gasteiger partial charge is 0.345 e. The summed E-state index contributed by atoms with van der Waals surface area (Å²) in [5.41, 5.74) is -4.75. The first kappa shape index (κ1) is 32.0. The number of benzene rings is 2. The highest BCUT2D eigenvalue weighted by atomic mass is 79.9. The van der Waals surface area contributed by atoms with Crippen molar-refractivity contribution in [1.29, 1.82) is 0 Å². The molecule has 0 spiro atoms. The highest BCUT2D eigenvalue weighted by Crippen LogP contribution is 2.40. The Morgan fingerprint density at radius 2 is 1.59 bits per heavy atom. The van der Waals surface area contributed by atoms with Gasteiger partial charge < -0.3 is 10.6 Å². The molecule has 0 fully saturated rings. The third kappa shape index (κ3) is 8.93.